The van der Waals surface area contributed by atoms with E-state index in [2.05, 4.69) is 52.6 Å². The number of para-hydroxylation sites is 2. The highest BCUT2D eigenvalue weighted by molar-refractivity contribution is 6.23. The zero-order valence-electron chi connectivity index (χ0n) is 64.7. The summed E-state index contributed by atoms with van der Waals surface area (Å²) in [6.07, 6.45) is 2.09. The van der Waals surface area contributed by atoms with Crippen LogP contribution >= 0.6 is 0 Å². The number of aromatic nitrogens is 1. The van der Waals surface area contributed by atoms with Crippen molar-refractivity contribution in [3.63, 3.8) is 0 Å². The van der Waals surface area contributed by atoms with Crippen LogP contribution in [0.2, 0.25) is 0 Å². The molecular formula is C77H116N14O14. The fraction of sp³-hybridized carbons (Fsp3) is 0.636. The van der Waals surface area contributed by atoms with E-state index in [9.17, 15) is 53.1 Å². The molecule has 8 atom stereocenters. The number of carbonyl (C=O) groups excluding carboxylic acids is 11. The Hall–Kier alpha value is -9.33. The topological polar surface area (TPSA) is 392 Å². The van der Waals surface area contributed by atoms with Gasteiger partial charge in [-0.15, -0.1) is 0 Å². The number of azide groups is 1. The molecule has 2 heterocycles. The molecule has 2 aliphatic rings. The van der Waals surface area contributed by atoms with Gasteiger partial charge in [-0.3, -0.25) is 53.0 Å². The molecule has 28 nitrogen and oxygen atoms in total. The number of likely N-dealkylation sites (N-methyl/N-ethyl adjacent to an activating group) is 1. The van der Waals surface area contributed by atoms with Crippen LogP contribution in [0.25, 0.3) is 21.3 Å². The zero-order valence-corrected chi connectivity index (χ0v) is 64.7. The summed E-state index contributed by atoms with van der Waals surface area (Å²) in [6.45, 7) is 28.6. The molecule has 28 heteroatoms. The molecule has 0 bridgehead atoms. The summed E-state index contributed by atoms with van der Waals surface area (Å²) in [6, 6.07) is 6.11. The minimum absolute atomic E-state index is 0.0122. The number of fused-ring (bicyclic) bond motifs is 2. The van der Waals surface area contributed by atoms with Gasteiger partial charge in [0.2, 0.25) is 47.3 Å². The number of aliphatic hydroxyl groups excluding tert-OH is 1. The third-order valence-corrected chi connectivity index (χ3v) is 17.9. The Morgan fingerprint density at radius 2 is 1.18 bits per heavy atom. The van der Waals surface area contributed by atoms with Crippen LogP contribution in [-0.4, -0.2) is 160 Å². The monoisotopic (exact) mass is 1460 g/mol. The molecule has 0 saturated heterocycles. The Morgan fingerprint density at radius 1 is 0.648 bits per heavy atom. The molecule has 2 aromatic carbocycles. The summed E-state index contributed by atoms with van der Waals surface area (Å²) >= 11 is 0. The van der Waals surface area contributed by atoms with Crippen molar-refractivity contribution in [2.75, 3.05) is 25.0 Å². The van der Waals surface area contributed by atoms with Crippen molar-refractivity contribution in [1.29, 1.82) is 0 Å². The number of allylic oxidation sites excluding steroid dienone is 2. The number of nitrogens with one attached hydrogen (secondary N) is 8. The molecule has 9 N–H and O–H groups in total. The van der Waals surface area contributed by atoms with Crippen LogP contribution in [-0.2, 0) is 65.5 Å². The van der Waals surface area contributed by atoms with Gasteiger partial charge in [-0.25, -0.2) is 14.2 Å². The van der Waals surface area contributed by atoms with Crippen molar-refractivity contribution >= 4 is 87.5 Å². The van der Waals surface area contributed by atoms with Gasteiger partial charge >= 0.3 is 12.2 Å². The summed E-state index contributed by atoms with van der Waals surface area (Å²) in [4.78, 5) is 166. The average molecular weight is 1460 g/mol. The van der Waals surface area contributed by atoms with Crippen molar-refractivity contribution in [2.45, 2.75) is 273 Å². The first-order valence-electron chi connectivity index (χ1n) is 37.0. The second kappa shape index (κ2) is 39.7. The molecular weight excluding hydrogens is 1340 g/mol. The SMILES string of the molecule is CCCCC(NC(=O)C(Cc1cc2ccccc2n1C(=O)OC(C)(C)C)NC(=O)C(CCCCN=C(CC(C)C)C1=C(O)CC(C)(C)CC1=O)NC(C)=O)C(=O)NC(C(=O)NC(CCCCN=[N+]=[N-])C(=O)NC(CC(C)C)C(=O)NC(CC1Cc2ccccc2N1C(=O)OC(C)(C)C)C(=O)NC)C(C)C. The minimum atomic E-state index is -1.53. The maximum atomic E-state index is 15.2. The van der Waals surface area contributed by atoms with Crippen LogP contribution < -0.4 is 47.4 Å². The molecule has 0 fully saturated rings. The molecule has 3 aromatic rings. The highest BCUT2D eigenvalue weighted by atomic mass is 16.6. The number of benzene rings is 2. The van der Waals surface area contributed by atoms with Crippen LogP contribution in [0.4, 0.5) is 15.3 Å². The minimum Gasteiger partial charge on any atom is -0.511 e. The molecule has 5 rings (SSSR count). The predicted molar refractivity (Wildman–Crippen MR) is 403 cm³/mol. The zero-order chi connectivity index (χ0) is 78.3. The van der Waals surface area contributed by atoms with Crippen molar-refractivity contribution < 1.29 is 67.3 Å². The Labute approximate surface area is 618 Å². The molecule has 105 heavy (non-hydrogen) atoms. The number of ether oxygens (including phenoxy) is 2. The number of Topliss-reactive ketones (excluding diaryl/α,β-unsaturated/α-hetero) is 1. The van der Waals surface area contributed by atoms with E-state index in [0.717, 1.165) is 5.56 Å². The summed E-state index contributed by atoms with van der Waals surface area (Å²) in [5.41, 5.74) is 9.74. The standard InChI is InChI=1S/C77H116N14O14/c1-18-19-30-54(83-71(100)59(42-52-40-50-29-21-23-34-61(50)91(52)74(103)105-76(12,13)14)87-67(96)53(82-48(8)92)31-24-26-35-80-56(37-45(2)3)64-62(93)43-77(15,16)44-63(64)94)69(98)88-65(47(6)7)72(101)84-55(32-25-27-36-81-89-78)68(97)85-57(38-46(4)5)70(99)86-58(66(95)79-17)41-51-39-49-28-20-22-33-60(49)90(51)73(102)104-75(9,10)11/h20-23,28-29,33-34,40,45-47,51,53-55,57-59,65,93H,18-19,24-27,30-32,35-39,41-44H2,1-17H3,(H,79,95)(H,82,92)(H,83,100)(H,84,101)(H,85,97)(H,86,99)(H,87,96)(H,88,98). The quantitative estimate of drug-likeness (QED) is 0.00852. The van der Waals surface area contributed by atoms with Gasteiger partial charge in [-0.05, 0) is 158 Å². The average Bonchev–Trinajstić information content (AvgIpc) is 1.60. The Bertz CT molecular complexity index is 3690. The summed E-state index contributed by atoms with van der Waals surface area (Å²) in [5, 5.41) is 37.6. The number of aliphatic hydroxyl groups is 1. The molecule has 8 unspecified atom stereocenters. The number of hydrogen-bond donors (Lipinski definition) is 9. The highest BCUT2D eigenvalue weighted by Gasteiger charge is 2.42. The summed E-state index contributed by atoms with van der Waals surface area (Å²) in [5.74, 6) is -6.67. The van der Waals surface area contributed by atoms with Crippen LogP contribution in [0, 0.1) is 23.2 Å². The largest absolute Gasteiger partial charge is 0.511 e. The Kier molecular flexibility index (Phi) is 32.6. The Morgan fingerprint density at radius 3 is 1.76 bits per heavy atom. The van der Waals surface area contributed by atoms with Crippen LogP contribution in [0.5, 0.6) is 0 Å². The lowest BCUT2D eigenvalue weighted by Gasteiger charge is -2.32. The molecule has 1 aliphatic heterocycles. The number of nitrogens with zero attached hydrogens (tertiary/aromatic N) is 6. The first-order valence-corrected chi connectivity index (χ1v) is 37.0. The number of unbranched alkanes of at least 4 members (excludes halogenated alkanes) is 3. The molecule has 0 spiro atoms. The lowest BCUT2D eigenvalue weighted by molar-refractivity contribution is -0.136. The second-order valence-electron chi connectivity index (χ2n) is 31.6. The van der Waals surface area contributed by atoms with E-state index in [4.69, 9.17) is 20.0 Å². The van der Waals surface area contributed by atoms with Gasteiger partial charge in [-0.1, -0.05) is 123 Å². The van der Waals surface area contributed by atoms with E-state index in [1.807, 2.05) is 60.6 Å². The normalized spacial score (nSPS) is 16.5. The fourth-order valence-electron chi connectivity index (χ4n) is 13.0. The second-order valence-corrected chi connectivity index (χ2v) is 31.6. The van der Waals surface area contributed by atoms with Crippen molar-refractivity contribution in [3.05, 3.63) is 87.6 Å². The van der Waals surface area contributed by atoms with E-state index in [1.165, 1.54) is 23.4 Å². The molecule has 0 radical (unpaired) electrons. The molecule has 1 aromatic heterocycles. The number of aliphatic imine (C=N–C) groups is 1. The fourth-order valence-corrected chi connectivity index (χ4v) is 13.0. The smallest absolute Gasteiger partial charge is 0.419 e. The number of rotatable bonds is 37. The van der Waals surface area contributed by atoms with Crippen LogP contribution in [0.3, 0.4) is 0 Å². The van der Waals surface area contributed by atoms with Crippen LogP contribution in [0.1, 0.15) is 212 Å². The van der Waals surface area contributed by atoms with Crippen molar-refractivity contribution in [3.8, 4) is 0 Å². The van der Waals surface area contributed by atoms with E-state index in [-0.39, 0.29) is 99.1 Å². The lowest BCUT2D eigenvalue weighted by Crippen LogP contribution is -2.61. The summed E-state index contributed by atoms with van der Waals surface area (Å²) < 4.78 is 13.0. The van der Waals surface area contributed by atoms with Gasteiger partial charge in [0.15, 0.2) is 5.78 Å². The van der Waals surface area contributed by atoms with Gasteiger partial charge in [0.25, 0.3) is 0 Å². The third-order valence-electron chi connectivity index (χ3n) is 17.9. The summed E-state index contributed by atoms with van der Waals surface area (Å²) in [7, 11) is 1.42. The number of ketones is 1. The van der Waals surface area contributed by atoms with Crippen molar-refractivity contribution in [1.82, 2.24) is 47.1 Å². The number of hydrogen-bond acceptors (Lipinski definition) is 16. The van der Waals surface area contributed by atoms with Gasteiger partial charge in [0.05, 0.1) is 16.8 Å². The third kappa shape index (κ3) is 27.0. The van der Waals surface area contributed by atoms with Gasteiger partial charge < -0.3 is 57.1 Å². The first-order chi connectivity index (χ1) is 49.3. The number of anilines is 1. The van der Waals surface area contributed by atoms with Gasteiger partial charge in [0.1, 0.15) is 59.3 Å². The highest BCUT2D eigenvalue weighted by Crippen LogP contribution is 2.38. The van der Waals surface area contributed by atoms with Gasteiger partial charge in [0, 0.05) is 74.1 Å². The maximum Gasteiger partial charge on any atom is 0.419 e. The molecule has 578 valence electrons. The van der Waals surface area contributed by atoms with Crippen molar-refractivity contribution in [2.24, 2.45) is 33.3 Å². The maximum absolute atomic E-state index is 15.2. The van der Waals surface area contributed by atoms with E-state index >= 15 is 4.79 Å². The molecule has 1 aliphatic carbocycles. The number of amides is 9. The predicted octanol–water partition coefficient (Wildman–Crippen LogP) is 10.1. The van der Waals surface area contributed by atoms with E-state index < -0.39 is 130 Å². The molecule has 9 amide bonds. The van der Waals surface area contributed by atoms with Gasteiger partial charge in [-0.2, -0.15) is 0 Å². The van der Waals surface area contributed by atoms with E-state index in [1.54, 1.807) is 97.9 Å². The number of carbonyl (C=O) groups is 11. The Balaban J connectivity index is 1.44. The lowest BCUT2D eigenvalue weighted by atomic mass is 9.75. The van der Waals surface area contributed by atoms with Crippen LogP contribution in [0.15, 0.2) is 76.0 Å². The van der Waals surface area contributed by atoms with E-state index in [0.29, 0.717) is 73.7 Å². The molecule has 0 saturated carbocycles. The first kappa shape index (κ1) is 86.3.